The zero-order chi connectivity index (χ0) is 16.4. The maximum atomic E-state index is 12.2. The second-order valence-corrected chi connectivity index (χ2v) is 6.76. The third-order valence-electron chi connectivity index (χ3n) is 2.52. The summed E-state index contributed by atoms with van der Waals surface area (Å²) in [5, 5.41) is 10.6. The van der Waals surface area contributed by atoms with Crippen LogP contribution in [0, 0.1) is 10.1 Å². The van der Waals surface area contributed by atoms with Crippen molar-refractivity contribution in [3.63, 3.8) is 0 Å². The second-order valence-electron chi connectivity index (χ2n) is 5.11. The van der Waals surface area contributed by atoms with Gasteiger partial charge in [-0.3, -0.25) is 14.9 Å². The number of non-ortho nitro benzene ring substituents is 1. The van der Waals surface area contributed by atoms with E-state index < -0.39 is 26.4 Å². The topological polar surface area (TPSA) is 158 Å². The standard InChI is InChI=1S/C11H16N4O5S/c1-11(2,6-10(13)16)14-21(19,20)9-4-3-7(15(17)18)5-8(9)12/h3-5,14H,6,12H2,1-2H3,(H2,13,16). The van der Waals surface area contributed by atoms with Crippen LogP contribution in [0.25, 0.3) is 0 Å². The molecule has 0 saturated heterocycles. The number of nitro benzene ring substituents is 1. The molecule has 116 valence electrons. The quantitative estimate of drug-likeness (QED) is 0.383. The smallest absolute Gasteiger partial charge is 0.271 e. The van der Waals surface area contributed by atoms with E-state index >= 15 is 0 Å². The van der Waals surface area contributed by atoms with E-state index in [2.05, 4.69) is 4.72 Å². The zero-order valence-corrected chi connectivity index (χ0v) is 12.3. The first-order chi connectivity index (χ1) is 9.44. The van der Waals surface area contributed by atoms with Crippen molar-refractivity contribution in [2.45, 2.75) is 30.7 Å². The Morgan fingerprint density at radius 2 is 2.00 bits per heavy atom. The molecule has 1 rings (SSSR count). The lowest BCUT2D eigenvalue weighted by Gasteiger charge is -2.24. The largest absolute Gasteiger partial charge is 0.397 e. The number of rotatable bonds is 6. The first-order valence-electron chi connectivity index (χ1n) is 5.81. The van der Waals surface area contributed by atoms with Crippen molar-refractivity contribution in [2.24, 2.45) is 5.73 Å². The molecule has 0 aliphatic heterocycles. The van der Waals surface area contributed by atoms with E-state index in [1.807, 2.05) is 0 Å². The number of carbonyl (C=O) groups is 1. The highest BCUT2D eigenvalue weighted by Gasteiger charge is 2.29. The molecule has 1 amide bonds. The van der Waals surface area contributed by atoms with E-state index in [9.17, 15) is 23.3 Å². The Morgan fingerprint density at radius 1 is 1.43 bits per heavy atom. The normalized spacial score (nSPS) is 12.1. The minimum atomic E-state index is -4.04. The number of primary amides is 1. The lowest BCUT2D eigenvalue weighted by molar-refractivity contribution is -0.384. The molecule has 0 aromatic heterocycles. The number of hydrogen-bond acceptors (Lipinski definition) is 6. The number of amides is 1. The van der Waals surface area contributed by atoms with Crippen LogP contribution < -0.4 is 16.2 Å². The van der Waals surface area contributed by atoms with Crippen LogP contribution in [0.15, 0.2) is 23.1 Å². The predicted molar refractivity (Wildman–Crippen MR) is 75.7 cm³/mol. The number of nitrogens with zero attached hydrogens (tertiary/aromatic N) is 1. The van der Waals surface area contributed by atoms with Crippen LogP contribution in [0.2, 0.25) is 0 Å². The molecule has 0 spiro atoms. The highest BCUT2D eigenvalue weighted by Crippen LogP contribution is 2.25. The summed E-state index contributed by atoms with van der Waals surface area (Å²) < 4.78 is 26.7. The molecule has 5 N–H and O–H groups in total. The Bertz CT molecular complexity index is 684. The predicted octanol–water partition coefficient (Wildman–Crippen LogP) is 0.109. The lowest BCUT2D eigenvalue weighted by Crippen LogP contribution is -2.46. The summed E-state index contributed by atoms with van der Waals surface area (Å²) in [5.74, 6) is -0.667. The molecule has 0 radical (unpaired) electrons. The van der Waals surface area contributed by atoms with Crippen molar-refractivity contribution < 1.29 is 18.1 Å². The van der Waals surface area contributed by atoms with Gasteiger partial charge in [0.1, 0.15) is 4.90 Å². The van der Waals surface area contributed by atoms with Crippen LogP contribution in [-0.4, -0.2) is 24.8 Å². The van der Waals surface area contributed by atoms with Crippen molar-refractivity contribution in [3.05, 3.63) is 28.3 Å². The molecule has 0 aliphatic rings. The maximum absolute atomic E-state index is 12.2. The molecule has 0 saturated carbocycles. The van der Waals surface area contributed by atoms with Gasteiger partial charge in [0.05, 0.1) is 10.6 Å². The molecular formula is C11H16N4O5S. The molecule has 0 fully saturated rings. The number of nitro groups is 1. The number of benzene rings is 1. The van der Waals surface area contributed by atoms with Gasteiger partial charge in [-0.2, -0.15) is 0 Å². The fourth-order valence-electron chi connectivity index (χ4n) is 1.78. The van der Waals surface area contributed by atoms with Gasteiger partial charge >= 0.3 is 0 Å². The van der Waals surface area contributed by atoms with Gasteiger partial charge in [0, 0.05) is 24.1 Å². The fraction of sp³-hybridized carbons (Fsp3) is 0.364. The van der Waals surface area contributed by atoms with Gasteiger partial charge in [-0.25, -0.2) is 13.1 Å². The minimum absolute atomic E-state index is 0.209. The maximum Gasteiger partial charge on any atom is 0.271 e. The molecular weight excluding hydrogens is 300 g/mol. The highest BCUT2D eigenvalue weighted by atomic mass is 32.2. The molecule has 0 unspecified atom stereocenters. The Balaban J connectivity index is 3.14. The summed E-state index contributed by atoms with van der Waals surface area (Å²) in [5.41, 5.74) is 8.91. The number of anilines is 1. The zero-order valence-electron chi connectivity index (χ0n) is 11.5. The average molecular weight is 316 g/mol. The Morgan fingerprint density at radius 3 is 2.43 bits per heavy atom. The molecule has 9 nitrogen and oxygen atoms in total. The van der Waals surface area contributed by atoms with Gasteiger partial charge < -0.3 is 11.5 Å². The van der Waals surface area contributed by atoms with Gasteiger partial charge in [-0.15, -0.1) is 0 Å². The first kappa shape index (κ1) is 16.9. The van der Waals surface area contributed by atoms with Gasteiger partial charge in [-0.05, 0) is 19.9 Å². The lowest BCUT2D eigenvalue weighted by atomic mass is 10.0. The van der Waals surface area contributed by atoms with Gasteiger partial charge in [0.25, 0.3) is 5.69 Å². The third-order valence-corrected chi connectivity index (χ3v) is 4.29. The average Bonchev–Trinajstić information content (AvgIpc) is 2.24. The van der Waals surface area contributed by atoms with Gasteiger partial charge in [-0.1, -0.05) is 0 Å². The van der Waals surface area contributed by atoms with Crippen LogP contribution in [0.3, 0.4) is 0 Å². The number of hydrogen-bond donors (Lipinski definition) is 3. The van der Waals surface area contributed by atoms with Crippen molar-refractivity contribution in [1.82, 2.24) is 4.72 Å². The number of sulfonamides is 1. The summed E-state index contributed by atoms with van der Waals surface area (Å²) >= 11 is 0. The first-order valence-corrected chi connectivity index (χ1v) is 7.29. The van der Waals surface area contributed by atoms with Crippen LogP contribution >= 0.6 is 0 Å². The molecule has 0 heterocycles. The Labute approximate surface area is 121 Å². The molecule has 1 aromatic carbocycles. The van der Waals surface area contributed by atoms with Gasteiger partial charge in [0.2, 0.25) is 15.9 Å². The molecule has 0 atom stereocenters. The number of carbonyl (C=O) groups excluding carboxylic acids is 1. The summed E-state index contributed by atoms with van der Waals surface area (Å²) in [6.07, 6.45) is -0.209. The van der Waals surface area contributed by atoms with Gasteiger partial charge in [0.15, 0.2) is 0 Å². The molecule has 0 aliphatic carbocycles. The van der Waals surface area contributed by atoms with E-state index in [0.29, 0.717) is 0 Å². The summed E-state index contributed by atoms with van der Waals surface area (Å²) in [6, 6.07) is 3.03. The van der Waals surface area contributed by atoms with E-state index in [0.717, 1.165) is 18.2 Å². The Kier molecular flexibility index (Phi) is 4.54. The van der Waals surface area contributed by atoms with Crippen molar-refractivity contribution in [1.29, 1.82) is 0 Å². The third kappa shape index (κ3) is 4.39. The van der Waals surface area contributed by atoms with E-state index in [1.54, 1.807) is 0 Å². The van der Waals surface area contributed by atoms with Crippen molar-refractivity contribution in [2.75, 3.05) is 5.73 Å². The van der Waals surface area contributed by atoms with E-state index in [-0.39, 0.29) is 22.7 Å². The van der Waals surface area contributed by atoms with Crippen LogP contribution in [-0.2, 0) is 14.8 Å². The van der Waals surface area contributed by atoms with Crippen LogP contribution in [0.5, 0.6) is 0 Å². The number of nitrogens with one attached hydrogen (secondary N) is 1. The van der Waals surface area contributed by atoms with Crippen LogP contribution in [0.1, 0.15) is 20.3 Å². The second kappa shape index (κ2) is 5.66. The van der Waals surface area contributed by atoms with Crippen molar-refractivity contribution >= 4 is 27.3 Å². The highest BCUT2D eigenvalue weighted by molar-refractivity contribution is 7.89. The molecule has 21 heavy (non-hydrogen) atoms. The summed E-state index contributed by atoms with van der Waals surface area (Å²) in [7, 11) is -4.04. The molecule has 1 aromatic rings. The summed E-state index contributed by atoms with van der Waals surface area (Å²) in [4.78, 5) is 20.5. The fourth-order valence-corrected chi connectivity index (χ4v) is 3.31. The molecule has 0 bridgehead atoms. The summed E-state index contributed by atoms with van der Waals surface area (Å²) in [6.45, 7) is 2.97. The molecule has 10 heteroatoms. The van der Waals surface area contributed by atoms with Crippen LogP contribution in [0.4, 0.5) is 11.4 Å². The SMILES string of the molecule is CC(C)(CC(N)=O)NS(=O)(=O)c1ccc([N+](=O)[O-])cc1N. The minimum Gasteiger partial charge on any atom is -0.397 e. The monoisotopic (exact) mass is 316 g/mol. The Hall–Kier alpha value is -2.20. The van der Waals surface area contributed by atoms with E-state index in [1.165, 1.54) is 13.8 Å². The number of nitrogens with two attached hydrogens (primary N) is 2. The van der Waals surface area contributed by atoms with Crippen molar-refractivity contribution in [3.8, 4) is 0 Å². The number of nitrogen functional groups attached to an aromatic ring is 1. The van der Waals surface area contributed by atoms with E-state index in [4.69, 9.17) is 11.5 Å².